The fraction of sp³-hybridized carbons (Fsp3) is 0.0833. The maximum atomic E-state index is 13.1. The maximum Gasteiger partial charge on any atom is 0.272 e. The number of anilines is 1. The lowest BCUT2D eigenvalue weighted by Crippen LogP contribution is -2.31. The molecule has 168 valence electrons. The molecule has 2 amide bonds. The Balaban J connectivity index is 1.96. The number of methoxy groups -OCH3 is 1. The van der Waals surface area contributed by atoms with Crippen molar-refractivity contribution in [2.45, 2.75) is 6.92 Å². The fourth-order valence-electron chi connectivity index (χ4n) is 2.97. The standard InChI is InChI=1S/C24H20ClN3O5/c1-15-19(25)7-5-8-20(15)26-24(30)21(14-16-10-12-17(13-11-16)28(31)32)27-23(29)18-6-3-4-9-22(18)33-2/h3-14H,1-2H3,(H,26,30)(H,27,29). The normalized spacial score (nSPS) is 10.9. The van der Waals surface area contributed by atoms with E-state index in [2.05, 4.69) is 10.6 Å². The smallest absolute Gasteiger partial charge is 0.272 e. The molecule has 3 aromatic carbocycles. The molecule has 0 unspecified atom stereocenters. The van der Waals surface area contributed by atoms with Crippen molar-refractivity contribution in [1.29, 1.82) is 0 Å². The van der Waals surface area contributed by atoms with Gasteiger partial charge in [-0.3, -0.25) is 19.7 Å². The first-order chi connectivity index (χ1) is 15.8. The van der Waals surface area contributed by atoms with Crippen molar-refractivity contribution >= 4 is 40.9 Å². The minimum Gasteiger partial charge on any atom is -0.496 e. The summed E-state index contributed by atoms with van der Waals surface area (Å²) in [5, 5.41) is 16.7. The Morgan fingerprint density at radius 2 is 1.73 bits per heavy atom. The molecule has 0 aliphatic carbocycles. The summed E-state index contributed by atoms with van der Waals surface area (Å²) in [5.74, 6) is -0.809. The van der Waals surface area contributed by atoms with Gasteiger partial charge in [0.2, 0.25) is 0 Å². The zero-order valence-corrected chi connectivity index (χ0v) is 18.6. The average molecular weight is 466 g/mol. The predicted molar refractivity (Wildman–Crippen MR) is 126 cm³/mol. The van der Waals surface area contributed by atoms with E-state index in [1.165, 1.54) is 37.5 Å². The van der Waals surface area contributed by atoms with Gasteiger partial charge in [-0.2, -0.15) is 0 Å². The number of amides is 2. The Morgan fingerprint density at radius 3 is 2.39 bits per heavy atom. The summed E-state index contributed by atoms with van der Waals surface area (Å²) in [6.45, 7) is 1.76. The van der Waals surface area contributed by atoms with E-state index >= 15 is 0 Å². The second kappa shape index (κ2) is 10.4. The van der Waals surface area contributed by atoms with E-state index in [9.17, 15) is 19.7 Å². The lowest BCUT2D eigenvalue weighted by atomic mass is 10.1. The molecule has 0 atom stereocenters. The first kappa shape index (κ1) is 23.5. The van der Waals surface area contributed by atoms with Gasteiger partial charge < -0.3 is 15.4 Å². The van der Waals surface area contributed by atoms with Crippen molar-refractivity contribution in [3.8, 4) is 5.75 Å². The first-order valence-electron chi connectivity index (χ1n) is 9.77. The molecule has 3 aromatic rings. The van der Waals surface area contributed by atoms with E-state index in [0.29, 0.717) is 27.6 Å². The molecule has 33 heavy (non-hydrogen) atoms. The van der Waals surface area contributed by atoms with Gasteiger partial charge in [0.05, 0.1) is 17.6 Å². The summed E-state index contributed by atoms with van der Waals surface area (Å²) in [4.78, 5) is 36.4. The van der Waals surface area contributed by atoms with Gasteiger partial charge >= 0.3 is 0 Å². The lowest BCUT2D eigenvalue weighted by molar-refractivity contribution is -0.384. The highest BCUT2D eigenvalue weighted by Gasteiger charge is 2.18. The third kappa shape index (κ3) is 5.75. The molecule has 0 aliphatic rings. The van der Waals surface area contributed by atoms with Gasteiger partial charge in [0.1, 0.15) is 11.4 Å². The zero-order valence-electron chi connectivity index (χ0n) is 17.8. The van der Waals surface area contributed by atoms with E-state index < -0.39 is 16.7 Å². The van der Waals surface area contributed by atoms with Crippen molar-refractivity contribution in [3.63, 3.8) is 0 Å². The summed E-state index contributed by atoms with van der Waals surface area (Å²) in [7, 11) is 1.44. The van der Waals surface area contributed by atoms with Gasteiger partial charge in [-0.15, -0.1) is 0 Å². The molecule has 0 bridgehead atoms. The van der Waals surface area contributed by atoms with Crippen LogP contribution in [0.15, 0.2) is 72.4 Å². The van der Waals surface area contributed by atoms with Crippen LogP contribution in [0.4, 0.5) is 11.4 Å². The van der Waals surface area contributed by atoms with Crippen LogP contribution in [0.3, 0.4) is 0 Å². The number of nitrogens with zero attached hydrogens (tertiary/aromatic N) is 1. The number of carbonyl (C=O) groups excluding carboxylic acids is 2. The van der Waals surface area contributed by atoms with Gasteiger partial charge in [-0.05, 0) is 60.5 Å². The van der Waals surface area contributed by atoms with Gasteiger partial charge in [0, 0.05) is 22.8 Å². The number of hydrogen-bond acceptors (Lipinski definition) is 5. The zero-order chi connectivity index (χ0) is 24.0. The number of carbonyl (C=O) groups is 2. The number of nitro groups is 1. The van der Waals surface area contributed by atoms with E-state index in [1.807, 2.05) is 0 Å². The van der Waals surface area contributed by atoms with Crippen LogP contribution in [-0.4, -0.2) is 23.8 Å². The third-order valence-corrected chi connectivity index (χ3v) is 5.18. The molecule has 0 saturated heterocycles. The Labute approximate surface area is 195 Å². The number of benzene rings is 3. The highest BCUT2D eigenvalue weighted by Crippen LogP contribution is 2.24. The second-order valence-electron chi connectivity index (χ2n) is 6.93. The van der Waals surface area contributed by atoms with Crippen molar-refractivity contribution < 1.29 is 19.2 Å². The Hall–Kier alpha value is -4.17. The summed E-state index contributed by atoms with van der Waals surface area (Å²) in [6, 6.07) is 17.2. The fourth-order valence-corrected chi connectivity index (χ4v) is 3.15. The van der Waals surface area contributed by atoms with Gasteiger partial charge in [0.25, 0.3) is 17.5 Å². The van der Waals surface area contributed by atoms with Crippen molar-refractivity contribution in [2.24, 2.45) is 0 Å². The maximum absolute atomic E-state index is 13.1. The third-order valence-electron chi connectivity index (χ3n) is 4.78. The molecule has 0 saturated carbocycles. The summed E-state index contributed by atoms with van der Waals surface area (Å²) in [5.41, 5.74) is 1.70. The topological polar surface area (TPSA) is 111 Å². The number of hydrogen-bond donors (Lipinski definition) is 2. The molecular weight excluding hydrogens is 446 g/mol. The summed E-state index contributed by atoms with van der Waals surface area (Å²) < 4.78 is 5.23. The number of para-hydroxylation sites is 1. The largest absolute Gasteiger partial charge is 0.496 e. The van der Waals surface area contributed by atoms with Crippen LogP contribution in [0.25, 0.3) is 6.08 Å². The Bertz CT molecular complexity index is 1240. The second-order valence-corrected chi connectivity index (χ2v) is 7.33. The molecule has 9 heteroatoms. The van der Waals surface area contributed by atoms with Crippen LogP contribution in [0.2, 0.25) is 5.02 Å². The average Bonchev–Trinajstić information content (AvgIpc) is 2.81. The van der Waals surface area contributed by atoms with Crippen LogP contribution >= 0.6 is 11.6 Å². The summed E-state index contributed by atoms with van der Waals surface area (Å²) >= 11 is 6.14. The Kier molecular flexibility index (Phi) is 7.42. The minimum atomic E-state index is -0.595. The van der Waals surface area contributed by atoms with E-state index in [4.69, 9.17) is 16.3 Å². The van der Waals surface area contributed by atoms with Crippen molar-refractivity contribution in [2.75, 3.05) is 12.4 Å². The molecule has 3 rings (SSSR count). The minimum absolute atomic E-state index is 0.0702. The lowest BCUT2D eigenvalue weighted by Gasteiger charge is -2.14. The predicted octanol–water partition coefficient (Wildman–Crippen LogP) is 4.97. The molecule has 0 aliphatic heterocycles. The van der Waals surface area contributed by atoms with Crippen molar-refractivity contribution in [3.05, 3.63) is 104 Å². The van der Waals surface area contributed by atoms with Crippen LogP contribution in [0.1, 0.15) is 21.5 Å². The number of nitro benzene ring substituents is 1. The number of halogens is 1. The molecule has 0 spiro atoms. The van der Waals surface area contributed by atoms with Crippen LogP contribution in [0, 0.1) is 17.0 Å². The molecule has 0 fully saturated rings. The van der Waals surface area contributed by atoms with Crippen LogP contribution in [-0.2, 0) is 4.79 Å². The number of nitrogens with one attached hydrogen (secondary N) is 2. The SMILES string of the molecule is COc1ccccc1C(=O)NC(=Cc1ccc([N+](=O)[O-])cc1)C(=O)Nc1cccc(Cl)c1C. The first-order valence-corrected chi connectivity index (χ1v) is 10.1. The van der Waals surface area contributed by atoms with Crippen LogP contribution < -0.4 is 15.4 Å². The number of rotatable bonds is 7. The number of non-ortho nitro benzene ring substituents is 1. The molecule has 0 radical (unpaired) electrons. The van der Waals surface area contributed by atoms with Crippen molar-refractivity contribution in [1.82, 2.24) is 5.32 Å². The monoisotopic (exact) mass is 465 g/mol. The van der Waals surface area contributed by atoms with Gasteiger partial charge in [-0.1, -0.05) is 29.8 Å². The molecule has 8 nitrogen and oxygen atoms in total. The highest BCUT2D eigenvalue weighted by molar-refractivity contribution is 6.31. The van der Waals surface area contributed by atoms with E-state index in [-0.39, 0.29) is 16.9 Å². The molecule has 0 aromatic heterocycles. The highest BCUT2D eigenvalue weighted by atomic mass is 35.5. The molecular formula is C24H20ClN3O5. The molecule has 2 N–H and O–H groups in total. The summed E-state index contributed by atoms with van der Waals surface area (Å²) in [6.07, 6.45) is 1.42. The molecule has 0 heterocycles. The van der Waals surface area contributed by atoms with E-state index in [1.54, 1.807) is 49.4 Å². The Morgan fingerprint density at radius 1 is 1.03 bits per heavy atom. The van der Waals surface area contributed by atoms with Gasteiger partial charge in [-0.25, -0.2) is 0 Å². The quantitative estimate of drug-likeness (QED) is 0.290. The van der Waals surface area contributed by atoms with Crippen LogP contribution in [0.5, 0.6) is 5.75 Å². The van der Waals surface area contributed by atoms with Gasteiger partial charge in [0.15, 0.2) is 0 Å². The number of ether oxygens (including phenoxy) is 1. The van der Waals surface area contributed by atoms with E-state index in [0.717, 1.165) is 0 Å².